The third-order valence-corrected chi connectivity index (χ3v) is 6.64. The van der Waals surface area contributed by atoms with Gasteiger partial charge in [0.15, 0.2) is 0 Å². The molecule has 3 fully saturated rings. The first kappa shape index (κ1) is 19.0. The average Bonchev–Trinajstić information content (AvgIpc) is 3.25. The molecular weight excluding hydrogens is 354 g/mol. The van der Waals surface area contributed by atoms with Crippen molar-refractivity contribution in [1.29, 1.82) is 0 Å². The average molecular weight is 383 g/mol. The van der Waals surface area contributed by atoms with Crippen LogP contribution >= 0.6 is 0 Å². The van der Waals surface area contributed by atoms with Crippen molar-refractivity contribution >= 4 is 23.4 Å². The van der Waals surface area contributed by atoms with Gasteiger partial charge in [-0.25, -0.2) is 0 Å². The van der Waals surface area contributed by atoms with E-state index < -0.39 is 11.8 Å². The van der Waals surface area contributed by atoms with E-state index in [1.165, 1.54) is 12.8 Å². The van der Waals surface area contributed by atoms with Crippen LogP contribution in [0.4, 0.5) is 5.69 Å². The number of hydrogen-bond donors (Lipinski definition) is 1. The van der Waals surface area contributed by atoms with Gasteiger partial charge in [0.05, 0.1) is 0 Å². The van der Waals surface area contributed by atoms with Crippen LogP contribution in [0.5, 0.6) is 0 Å². The zero-order chi connectivity index (χ0) is 19.6. The molecule has 0 radical (unpaired) electrons. The summed E-state index contributed by atoms with van der Waals surface area (Å²) < 4.78 is 0. The smallest absolute Gasteiger partial charge is 0.313 e. The van der Waals surface area contributed by atoms with E-state index in [1.54, 1.807) is 17.0 Å². The van der Waals surface area contributed by atoms with Gasteiger partial charge in [0.25, 0.3) is 0 Å². The van der Waals surface area contributed by atoms with Crippen molar-refractivity contribution in [3.05, 3.63) is 30.3 Å². The summed E-state index contributed by atoms with van der Waals surface area (Å²) in [6.07, 6.45) is 7.89. The normalized spacial score (nSPS) is 25.9. The molecule has 0 bridgehead atoms. The summed E-state index contributed by atoms with van der Waals surface area (Å²) in [5.41, 5.74) is 0.570. The molecule has 2 heterocycles. The van der Waals surface area contributed by atoms with E-state index in [2.05, 4.69) is 10.2 Å². The molecule has 150 valence electrons. The number of anilines is 1. The van der Waals surface area contributed by atoms with Gasteiger partial charge in [-0.2, -0.15) is 0 Å². The maximum Gasteiger partial charge on any atom is 0.313 e. The summed E-state index contributed by atoms with van der Waals surface area (Å²) in [5, 5.41) is 2.70. The molecule has 2 aliphatic heterocycles. The van der Waals surface area contributed by atoms with E-state index in [9.17, 15) is 14.4 Å². The van der Waals surface area contributed by atoms with Crippen LogP contribution < -0.4 is 5.32 Å². The van der Waals surface area contributed by atoms with Gasteiger partial charge in [0, 0.05) is 43.2 Å². The van der Waals surface area contributed by atoms with Gasteiger partial charge < -0.3 is 15.1 Å². The standard InChI is InChI=1S/C22H29N3O3/c26-19-11-13-22(16-25(19)18-9-4-5-10-18)12-6-14-24(15-22)21(28)20(27)23-17-7-2-1-3-8-17/h1-3,7-8,18H,4-6,9-16H2,(H,23,27)/t22-/m0/s1. The summed E-state index contributed by atoms with van der Waals surface area (Å²) in [6, 6.07) is 9.44. The van der Waals surface area contributed by atoms with E-state index in [4.69, 9.17) is 0 Å². The third kappa shape index (κ3) is 3.91. The number of nitrogens with one attached hydrogen (secondary N) is 1. The van der Waals surface area contributed by atoms with Crippen LogP contribution in [0.25, 0.3) is 0 Å². The summed E-state index contributed by atoms with van der Waals surface area (Å²) >= 11 is 0. The van der Waals surface area contributed by atoms with Gasteiger partial charge in [-0.1, -0.05) is 31.0 Å². The van der Waals surface area contributed by atoms with Crippen molar-refractivity contribution in [2.45, 2.75) is 57.4 Å². The van der Waals surface area contributed by atoms with Gasteiger partial charge in [-0.05, 0) is 44.2 Å². The number of amides is 3. The zero-order valence-electron chi connectivity index (χ0n) is 16.4. The van der Waals surface area contributed by atoms with Crippen LogP contribution in [-0.4, -0.2) is 53.2 Å². The Bertz CT molecular complexity index is 745. The van der Waals surface area contributed by atoms with E-state index >= 15 is 0 Å². The Labute approximate surface area is 166 Å². The second kappa shape index (κ2) is 7.94. The molecule has 0 aromatic heterocycles. The number of likely N-dealkylation sites (tertiary alicyclic amines) is 2. The molecule has 3 aliphatic rings. The minimum Gasteiger partial charge on any atom is -0.339 e. The Morgan fingerprint density at radius 1 is 1.00 bits per heavy atom. The molecule has 1 aromatic carbocycles. The SMILES string of the molecule is O=C(Nc1ccccc1)C(=O)N1CCC[C@]2(CCC(=O)N(C3CCCC3)C2)C1. The number of rotatable bonds is 2. The monoisotopic (exact) mass is 383 g/mol. The molecule has 3 amide bonds. The molecule has 2 saturated heterocycles. The Morgan fingerprint density at radius 3 is 2.50 bits per heavy atom. The maximum absolute atomic E-state index is 12.8. The molecule has 6 heteroatoms. The van der Waals surface area contributed by atoms with Gasteiger partial charge in [0.2, 0.25) is 5.91 Å². The van der Waals surface area contributed by atoms with Gasteiger partial charge in [0.1, 0.15) is 0 Å². The van der Waals surface area contributed by atoms with Crippen molar-refractivity contribution in [2.24, 2.45) is 5.41 Å². The number of benzene rings is 1. The largest absolute Gasteiger partial charge is 0.339 e. The molecule has 1 aromatic rings. The minimum absolute atomic E-state index is 0.0581. The predicted molar refractivity (Wildman–Crippen MR) is 107 cm³/mol. The van der Waals surface area contributed by atoms with E-state index in [-0.39, 0.29) is 11.3 Å². The van der Waals surface area contributed by atoms with Crippen molar-refractivity contribution in [2.75, 3.05) is 25.0 Å². The van der Waals surface area contributed by atoms with Gasteiger partial charge in [-0.3, -0.25) is 14.4 Å². The van der Waals surface area contributed by atoms with Crippen molar-refractivity contribution in [3.8, 4) is 0 Å². The zero-order valence-corrected chi connectivity index (χ0v) is 16.4. The quantitative estimate of drug-likeness (QED) is 0.799. The summed E-state index contributed by atoms with van der Waals surface area (Å²) in [5.74, 6) is -0.780. The number of carbonyl (C=O) groups excluding carboxylic acids is 3. The number of nitrogens with zero attached hydrogens (tertiary/aromatic N) is 2. The first-order valence-electron chi connectivity index (χ1n) is 10.5. The highest BCUT2D eigenvalue weighted by Crippen LogP contribution is 2.41. The molecule has 4 rings (SSSR count). The number of carbonyl (C=O) groups is 3. The first-order valence-corrected chi connectivity index (χ1v) is 10.5. The van der Waals surface area contributed by atoms with Crippen molar-refractivity contribution < 1.29 is 14.4 Å². The Hall–Kier alpha value is -2.37. The molecule has 1 N–H and O–H groups in total. The Morgan fingerprint density at radius 2 is 1.75 bits per heavy atom. The van der Waals surface area contributed by atoms with E-state index in [1.807, 2.05) is 18.2 Å². The second-order valence-electron chi connectivity index (χ2n) is 8.61. The van der Waals surface area contributed by atoms with Crippen molar-refractivity contribution in [1.82, 2.24) is 9.80 Å². The fraction of sp³-hybridized carbons (Fsp3) is 0.591. The van der Waals surface area contributed by atoms with E-state index in [0.717, 1.165) is 38.6 Å². The lowest BCUT2D eigenvalue weighted by molar-refractivity contribution is -0.149. The maximum atomic E-state index is 12.8. The highest BCUT2D eigenvalue weighted by Gasteiger charge is 2.45. The van der Waals surface area contributed by atoms with Crippen LogP contribution in [0, 0.1) is 5.41 Å². The molecule has 1 saturated carbocycles. The molecular formula is C22H29N3O3. The summed E-state index contributed by atoms with van der Waals surface area (Å²) in [7, 11) is 0. The highest BCUT2D eigenvalue weighted by molar-refractivity contribution is 6.39. The predicted octanol–water partition coefficient (Wildman–Crippen LogP) is 2.80. The second-order valence-corrected chi connectivity index (χ2v) is 8.61. The number of hydrogen-bond acceptors (Lipinski definition) is 3. The number of para-hydroxylation sites is 1. The Kier molecular flexibility index (Phi) is 5.38. The molecule has 28 heavy (non-hydrogen) atoms. The topological polar surface area (TPSA) is 69.7 Å². The molecule has 0 unspecified atom stereocenters. The van der Waals surface area contributed by atoms with Crippen LogP contribution in [0.3, 0.4) is 0 Å². The van der Waals surface area contributed by atoms with Crippen LogP contribution in [0.1, 0.15) is 51.4 Å². The molecule has 1 aliphatic carbocycles. The van der Waals surface area contributed by atoms with Crippen LogP contribution in [0.2, 0.25) is 0 Å². The van der Waals surface area contributed by atoms with Gasteiger partial charge >= 0.3 is 11.8 Å². The molecule has 6 nitrogen and oxygen atoms in total. The summed E-state index contributed by atoms with van der Waals surface area (Å²) in [6.45, 7) is 1.92. The van der Waals surface area contributed by atoms with Crippen molar-refractivity contribution in [3.63, 3.8) is 0 Å². The van der Waals surface area contributed by atoms with Crippen LogP contribution in [-0.2, 0) is 14.4 Å². The fourth-order valence-electron chi connectivity index (χ4n) is 5.16. The highest BCUT2D eigenvalue weighted by atomic mass is 16.2. The van der Waals surface area contributed by atoms with Crippen LogP contribution in [0.15, 0.2) is 30.3 Å². The Balaban J connectivity index is 1.42. The summed E-state index contributed by atoms with van der Waals surface area (Å²) in [4.78, 5) is 41.5. The fourth-order valence-corrected chi connectivity index (χ4v) is 5.16. The number of piperidine rings is 2. The van der Waals surface area contributed by atoms with E-state index in [0.29, 0.717) is 31.2 Å². The van der Waals surface area contributed by atoms with Gasteiger partial charge in [-0.15, -0.1) is 0 Å². The lowest BCUT2D eigenvalue weighted by Gasteiger charge is -2.49. The lowest BCUT2D eigenvalue weighted by atomic mass is 9.73. The molecule has 1 spiro atoms. The first-order chi connectivity index (χ1) is 13.6. The third-order valence-electron chi connectivity index (χ3n) is 6.64. The molecule has 1 atom stereocenters. The minimum atomic E-state index is -0.581. The lowest BCUT2D eigenvalue weighted by Crippen LogP contribution is -2.57.